The maximum absolute atomic E-state index is 12.0. The molecule has 3 N–H and O–H groups in total. The number of carbonyl (C=O) groups excluding carboxylic acids is 2. The van der Waals surface area contributed by atoms with Crippen molar-refractivity contribution in [3.8, 4) is 0 Å². The van der Waals surface area contributed by atoms with Gasteiger partial charge < -0.3 is 20.6 Å². The molecule has 3 amide bonds. The maximum atomic E-state index is 12.0. The molecule has 7 heteroatoms. The molecule has 1 unspecified atom stereocenters. The van der Waals surface area contributed by atoms with Gasteiger partial charge in [0.2, 0.25) is 5.91 Å². The van der Waals surface area contributed by atoms with Crippen molar-refractivity contribution in [1.82, 2.24) is 15.5 Å². The minimum absolute atomic E-state index is 0.0907. The number of aliphatic carboxylic acids is 1. The molecule has 1 aliphatic heterocycles. The van der Waals surface area contributed by atoms with Crippen molar-refractivity contribution in [3.05, 3.63) is 0 Å². The van der Waals surface area contributed by atoms with Gasteiger partial charge in [-0.1, -0.05) is 20.3 Å². The zero-order valence-electron chi connectivity index (χ0n) is 11.3. The highest BCUT2D eigenvalue weighted by atomic mass is 16.4. The molecular weight excluding hydrogens is 250 g/mol. The van der Waals surface area contributed by atoms with Crippen LogP contribution in [0.2, 0.25) is 0 Å². The number of carboxylic acids is 1. The monoisotopic (exact) mass is 271 g/mol. The minimum Gasteiger partial charge on any atom is -0.480 e. The van der Waals surface area contributed by atoms with Gasteiger partial charge in [0.05, 0.1) is 0 Å². The Kier molecular flexibility index (Phi) is 5.59. The molecule has 0 radical (unpaired) electrons. The SMILES string of the molecule is CCC(C)[C@H](NC(=O)N1CCNC(=O)CC1)C(=O)O. The third kappa shape index (κ3) is 4.42. The maximum Gasteiger partial charge on any atom is 0.326 e. The van der Waals surface area contributed by atoms with E-state index in [0.717, 1.165) is 0 Å². The number of urea groups is 1. The Morgan fingerprint density at radius 1 is 1.47 bits per heavy atom. The molecular formula is C12H21N3O4. The molecule has 0 bridgehead atoms. The number of nitrogens with zero attached hydrogens (tertiary/aromatic N) is 1. The van der Waals surface area contributed by atoms with Gasteiger partial charge in [-0.2, -0.15) is 0 Å². The summed E-state index contributed by atoms with van der Waals surface area (Å²) in [4.78, 5) is 35.8. The summed E-state index contributed by atoms with van der Waals surface area (Å²) < 4.78 is 0. The van der Waals surface area contributed by atoms with Gasteiger partial charge in [-0.3, -0.25) is 4.79 Å². The first-order chi connectivity index (χ1) is 8.95. The Hall–Kier alpha value is -1.79. The lowest BCUT2D eigenvalue weighted by Gasteiger charge is -2.25. The smallest absolute Gasteiger partial charge is 0.326 e. The quantitative estimate of drug-likeness (QED) is 0.671. The standard InChI is InChI=1S/C12H21N3O4/c1-3-8(2)10(11(17)18)14-12(19)15-6-4-9(16)13-5-7-15/h8,10H,3-7H2,1-2H3,(H,13,16)(H,14,19)(H,17,18)/t8?,10-/m0/s1. The summed E-state index contributed by atoms with van der Waals surface area (Å²) in [6.45, 7) is 4.76. The van der Waals surface area contributed by atoms with Crippen LogP contribution in [0.25, 0.3) is 0 Å². The van der Waals surface area contributed by atoms with Crippen LogP contribution in [0.1, 0.15) is 26.7 Å². The van der Waals surface area contributed by atoms with E-state index < -0.39 is 18.0 Å². The normalized spacial score (nSPS) is 19.1. The summed E-state index contributed by atoms with van der Waals surface area (Å²) in [7, 11) is 0. The second-order valence-electron chi connectivity index (χ2n) is 4.74. The van der Waals surface area contributed by atoms with E-state index in [9.17, 15) is 14.4 Å². The van der Waals surface area contributed by atoms with Crippen LogP contribution in [0.3, 0.4) is 0 Å². The number of rotatable bonds is 4. The minimum atomic E-state index is -1.04. The lowest BCUT2D eigenvalue weighted by molar-refractivity contribution is -0.140. The van der Waals surface area contributed by atoms with Crippen molar-refractivity contribution in [2.24, 2.45) is 5.92 Å². The van der Waals surface area contributed by atoms with Crippen LogP contribution in [-0.4, -0.2) is 53.6 Å². The Morgan fingerprint density at radius 3 is 2.74 bits per heavy atom. The van der Waals surface area contributed by atoms with E-state index in [1.54, 1.807) is 6.92 Å². The van der Waals surface area contributed by atoms with Gasteiger partial charge in [-0.25, -0.2) is 9.59 Å². The van der Waals surface area contributed by atoms with Gasteiger partial charge in [-0.05, 0) is 5.92 Å². The van der Waals surface area contributed by atoms with Crippen molar-refractivity contribution in [1.29, 1.82) is 0 Å². The Bertz CT molecular complexity index is 359. The van der Waals surface area contributed by atoms with Crippen LogP contribution in [0.15, 0.2) is 0 Å². The molecule has 0 aliphatic carbocycles. The zero-order valence-corrected chi connectivity index (χ0v) is 11.3. The number of amides is 3. The van der Waals surface area contributed by atoms with Crippen molar-refractivity contribution < 1.29 is 19.5 Å². The summed E-state index contributed by atoms with van der Waals surface area (Å²) in [6.07, 6.45) is 0.909. The zero-order chi connectivity index (χ0) is 14.4. The second kappa shape index (κ2) is 6.96. The largest absolute Gasteiger partial charge is 0.480 e. The highest BCUT2D eigenvalue weighted by Gasteiger charge is 2.28. The predicted octanol–water partition coefficient (Wildman–Crippen LogP) is 0.0172. The first-order valence-corrected chi connectivity index (χ1v) is 6.50. The molecule has 1 fully saturated rings. The Balaban J connectivity index is 2.61. The average Bonchev–Trinajstić information content (AvgIpc) is 2.59. The molecule has 1 saturated heterocycles. The number of nitrogens with one attached hydrogen (secondary N) is 2. The second-order valence-corrected chi connectivity index (χ2v) is 4.74. The fourth-order valence-corrected chi connectivity index (χ4v) is 1.88. The number of carbonyl (C=O) groups is 3. The molecule has 1 heterocycles. The highest BCUT2D eigenvalue weighted by molar-refractivity contribution is 5.83. The van der Waals surface area contributed by atoms with Gasteiger partial charge in [0.1, 0.15) is 6.04 Å². The van der Waals surface area contributed by atoms with E-state index in [1.165, 1.54) is 4.90 Å². The first-order valence-electron chi connectivity index (χ1n) is 6.50. The summed E-state index contributed by atoms with van der Waals surface area (Å²) in [5, 5.41) is 14.3. The van der Waals surface area contributed by atoms with E-state index in [2.05, 4.69) is 10.6 Å². The van der Waals surface area contributed by atoms with Gasteiger partial charge in [0.25, 0.3) is 0 Å². The van der Waals surface area contributed by atoms with Gasteiger partial charge in [0, 0.05) is 26.1 Å². The fourth-order valence-electron chi connectivity index (χ4n) is 1.88. The van der Waals surface area contributed by atoms with Crippen LogP contribution in [0.4, 0.5) is 4.79 Å². The van der Waals surface area contributed by atoms with E-state index >= 15 is 0 Å². The molecule has 0 aromatic heterocycles. The van der Waals surface area contributed by atoms with E-state index in [-0.39, 0.29) is 18.2 Å². The van der Waals surface area contributed by atoms with Crippen LogP contribution in [0, 0.1) is 5.92 Å². The van der Waals surface area contributed by atoms with E-state index in [1.807, 2.05) is 6.92 Å². The highest BCUT2D eigenvalue weighted by Crippen LogP contribution is 2.09. The molecule has 1 aliphatic rings. The third-order valence-corrected chi connectivity index (χ3v) is 3.36. The molecule has 7 nitrogen and oxygen atoms in total. The Morgan fingerprint density at radius 2 is 2.16 bits per heavy atom. The van der Waals surface area contributed by atoms with Crippen molar-refractivity contribution in [3.63, 3.8) is 0 Å². The van der Waals surface area contributed by atoms with Gasteiger partial charge in [0.15, 0.2) is 0 Å². The molecule has 0 spiro atoms. The first kappa shape index (κ1) is 15.3. The van der Waals surface area contributed by atoms with Crippen LogP contribution in [-0.2, 0) is 9.59 Å². The fraction of sp³-hybridized carbons (Fsp3) is 0.750. The molecule has 19 heavy (non-hydrogen) atoms. The van der Waals surface area contributed by atoms with Crippen LogP contribution in [0.5, 0.6) is 0 Å². The molecule has 0 aromatic carbocycles. The predicted molar refractivity (Wildman–Crippen MR) is 68.6 cm³/mol. The summed E-state index contributed by atoms with van der Waals surface area (Å²) in [5.41, 5.74) is 0. The van der Waals surface area contributed by atoms with Crippen molar-refractivity contribution in [2.45, 2.75) is 32.7 Å². The molecule has 2 atom stereocenters. The van der Waals surface area contributed by atoms with Gasteiger partial charge >= 0.3 is 12.0 Å². The lowest BCUT2D eigenvalue weighted by Crippen LogP contribution is -2.51. The molecule has 0 aromatic rings. The average molecular weight is 271 g/mol. The lowest BCUT2D eigenvalue weighted by atomic mass is 9.99. The van der Waals surface area contributed by atoms with Crippen molar-refractivity contribution >= 4 is 17.9 Å². The molecule has 108 valence electrons. The van der Waals surface area contributed by atoms with E-state index in [4.69, 9.17) is 5.11 Å². The number of carboxylic acid groups (broad SMARTS) is 1. The van der Waals surface area contributed by atoms with Crippen LogP contribution >= 0.6 is 0 Å². The molecule has 0 saturated carbocycles. The topological polar surface area (TPSA) is 98.7 Å². The van der Waals surface area contributed by atoms with E-state index in [0.29, 0.717) is 26.1 Å². The molecule has 1 rings (SSSR count). The number of hydrogen-bond acceptors (Lipinski definition) is 3. The third-order valence-electron chi connectivity index (χ3n) is 3.36. The van der Waals surface area contributed by atoms with Crippen LogP contribution < -0.4 is 10.6 Å². The summed E-state index contributed by atoms with van der Waals surface area (Å²) in [5.74, 6) is -1.27. The Labute approximate surface area is 112 Å². The summed E-state index contributed by atoms with van der Waals surface area (Å²) >= 11 is 0. The van der Waals surface area contributed by atoms with Gasteiger partial charge in [-0.15, -0.1) is 0 Å². The van der Waals surface area contributed by atoms with Crippen molar-refractivity contribution in [2.75, 3.05) is 19.6 Å². The number of hydrogen-bond donors (Lipinski definition) is 3. The summed E-state index contributed by atoms with van der Waals surface area (Å²) in [6, 6.07) is -1.33.